The standard InChI is InChI=1S/C25H23F2NO3S.CH3F.CH4/c1-29-19-4-5-20-15(9-19)7-8-28-14-17-12-23(30-2)24(11-16(17)10-22(20)28)31-32-25-6-3-18(26)13-21(25)27;1-2;/h3-6,9,11-13,22H,7-8,10,14H2,1-2H3;1H3;1H4. The molecule has 0 amide bonds. The number of alkyl halides is 1. The number of nitrogens with zero attached hydrogens (tertiary/aromatic N) is 1. The molecule has 2 aliphatic heterocycles. The van der Waals surface area contributed by atoms with Crippen LogP contribution in [0, 0.1) is 11.6 Å². The van der Waals surface area contributed by atoms with E-state index in [9.17, 15) is 13.2 Å². The zero-order valence-corrected chi connectivity index (χ0v) is 20.1. The Balaban J connectivity index is 0.00000111. The molecule has 0 saturated heterocycles. The Hall–Kier alpha value is -2.84. The molecule has 8 heteroatoms. The zero-order chi connectivity index (χ0) is 24.2. The Morgan fingerprint density at radius 2 is 1.66 bits per heavy atom. The number of ether oxygens (including phenoxy) is 2. The molecule has 4 nitrogen and oxygen atoms in total. The highest BCUT2D eigenvalue weighted by Gasteiger charge is 2.33. The molecule has 0 aromatic heterocycles. The topological polar surface area (TPSA) is 30.9 Å². The van der Waals surface area contributed by atoms with Crippen molar-refractivity contribution in [2.75, 3.05) is 27.9 Å². The lowest BCUT2D eigenvalue weighted by Gasteiger charge is -2.41. The van der Waals surface area contributed by atoms with Crippen LogP contribution in [0.3, 0.4) is 0 Å². The number of methoxy groups -OCH3 is 2. The van der Waals surface area contributed by atoms with Crippen LogP contribution in [0.4, 0.5) is 13.2 Å². The van der Waals surface area contributed by atoms with Crippen molar-refractivity contribution in [3.8, 4) is 17.2 Å². The van der Waals surface area contributed by atoms with Crippen LogP contribution in [-0.4, -0.2) is 32.8 Å². The van der Waals surface area contributed by atoms with Gasteiger partial charge in [0.1, 0.15) is 17.4 Å². The van der Waals surface area contributed by atoms with Crippen molar-refractivity contribution < 1.29 is 26.8 Å². The van der Waals surface area contributed by atoms with E-state index < -0.39 is 11.6 Å². The molecule has 0 radical (unpaired) electrons. The molecule has 0 fully saturated rings. The maximum Gasteiger partial charge on any atom is 0.179 e. The van der Waals surface area contributed by atoms with Crippen LogP contribution in [0.5, 0.6) is 17.2 Å². The lowest BCUT2D eigenvalue weighted by Crippen LogP contribution is -2.39. The maximum absolute atomic E-state index is 14.0. The van der Waals surface area contributed by atoms with E-state index in [-0.39, 0.29) is 12.3 Å². The Bertz CT molecular complexity index is 1170. The minimum absolute atomic E-state index is 0. The molecule has 0 bridgehead atoms. The van der Waals surface area contributed by atoms with Crippen LogP contribution >= 0.6 is 12.0 Å². The fourth-order valence-electron chi connectivity index (χ4n) is 4.56. The summed E-state index contributed by atoms with van der Waals surface area (Å²) in [6.07, 6.45) is 1.85. The first-order valence-electron chi connectivity index (χ1n) is 10.8. The van der Waals surface area contributed by atoms with Gasteiger partial charge in [0.2, 0.25) is 0 Å². The van der Waals surface area contributed by atoms with Crippen molar-refractivity contribution in [2.45, 2.75) is 37.8 Å². The predicted octanol–water partition coefficient (Wildman–Crippen LogP) is 6.95. The molecule has 3 aromatic carbocycles. The molecule has 188 valence electrons. The predicted molar refractivity (Wildman–Crippen MR) is 133 cm³/mol. The fraction of sp³-hybridized carbons (Fsp3) is 0.333. The van der Waals surface area contributed by atoms with Gasteiger partial charge in [-0.3, -0.25) is 9.29 Å². The van der Waals surface area contributed by atoms with Crippen molar-refractivity contribution in [3.05, 3.63) is 82.4 Å². The highest BCUT2D eigenvalue weighted by Crippen LogP contribution is 2.43. The van der Waals surface area contributed by atoms with Gasteiger partial charge in [0, 0.05) is 25.2 Å². The first kappa shape index (κ1) is 26.8. The average molecular weight is 506 g/mol. The average Bonchev–Trinajstić information content (AvgIpc) is 2.87. The van der Waals surface area contributed by atoms with Gasteiger partial charge in [-0.25, -0.2) is 8.78 Å². The molecule has 3 aromatic rings. The molecular formula is C27H30F3NO3S. The highest BCUT2D eigenvalue weighted by atomic mass is 32.2. The third-order valence-electron chi connectivity index (χ3n) is 6.21. The number of hydrogen-bond donors (Lipinski definition) is 0. The largest absolute Gasteiger partial charge is 0.497 e. The van der Waals surface area contributed by atoms with E-state index in [0.717, 1.165) is 49.8 Å². The van der Waals surface area contributed by atoms with Gasteiger partial charge in [0.15, 0.2) is 11.5 Å². The molecule has 1 atom stereocenters. The molecule has 2 heterocycles. The normalized spacial score (nSPS) is 15.9. The molecule has 0 saturated carbocycles. The van der Waals surface area contributed by atoms with Gasteiger partial charge in [-0.1, -0.05) is 13.5 Å². The summed E-state index contributed by atoms with van der Waals surface area (Å²) in [6.45, 7) is 1.83. The van der Waals surface area contributed by atoms with Crippen LogP contribution < -0.4 is 13.7 Å². The fourth-order valence-corrected chi connectivity index (χ4v) is 5.13. The zero-order valence-electron chi connectivity index (χ0n) is 19.2. The van der Waals surface area contributed by atoms with Crippen molar-refractivity contribution in [1.82, 2.24) is 4.90 Å². The van der Waals surface area contributed by atoms with E-state index in [1.165, 1.54) is 34.4 Å². The van der Waals surface area contributed by atoms with Gasteiger partial charge >= 0.3 is 0 Å². The minimum Gasteiger partial charge on any atom is -0.497 e. The van der Waals surface area contributed by atoms with Crippen molar-refractivity contribution in [3.63, 3.8) is 0 Å². The summed E-state index contributed by atoms with van der Waals surface area (Å²) in [7, 11) is 3.78. The lowest BCUT2D eigenvalue weighted by molar-refractivity contribution is 0.160. The Kier molecular flexibility index (Phi) is 8.97. The van der Waals surface area contributed by atoms with Crippen LogP contribution in [0.1, 0.15) is 35.7 Å². The summed E-state index contributed by atoms with van der Waals surface area (Å²) >= 11 is 0.859. The maximum atomic E-state index is 14.0. The van der Waals surface area contributed by atoms with Crippen LogP contribution in [0.2, 0.25) is 0 Å². The minimum atomic E-state index is -0.656. The summed E-state index contributed by atoms with van der Waals surface area (Å²) in [6, 6.07) is 14.0. The third-order valence-corrected chi connectivity index (χ3v) is 6.98. The monoisotopic (exact) mass is 505 g/mol. The number of rotatable bonds is 5. The van der Waals surface area contributed by atoms with Gasteiger partial charge in [-0.2, -0.15) is 0 Å². The van der Waals surface area contributed by atoms with Crippen molar-refractivity contribution in [1.29, 1.82) is 0 Å². The SMILES string of the molecule is C.CF.COc1ccc2c(c1)CCN1Cc3cc(OC)c(OSc4ccc(F)cc4F)cc3CC21. The van der Waals surface area contributed by atoms with E-state index in [4.69, 9.17) is 13.7 Å². The summed E-state index contributed by atoms with van der Waals surface area (Å²) in [4.78, 5) is 2.72. The quantitative estimate of drug-likeness (QED) is 0.351. The first-order valence-corrected chi connectivity index (χ1v) is 11.6. The van der Waals surface area contributed by atoms with E-state index in [1.807, 2.05) is 18.2 Å². The Morgan fingerprint density at radius 1 is 0.886 bits per heavy atom. The van der Waals surface area contributed by atoms with E-state index in [2.05, 4.69) is 17.0 Å². The highest BCUT2D eigenvalue weighted by molar-refractivity contribution is 7.95. The molecule has 5 rings (SSSR count). The first-order chi connectivity index (χ1) is 16.6. The molecule has 0 aliphatic carbocycles. The molecule has 0 spiro atoms. The molecule has 35 heavy (non-hydrogen) atoms. The number of benzene rings is 3. The second kappa shape index (κ2) is 11.7. The van der Waals surface area contributed by atoms with Gasteiger partial charge < -0.3 is 13.7 Å². The van der Waals surface area contributed by atoms with E-state index >= 15 is 0 Å². The number of hydrogen-bond acceptors (Lipinski definition) is 5. The van der Waals surface area contributed by atoms with Crippen LogP contribution in [0.25, 0.3) is 0 Å². The van der Waals surface area contributed by atoms with E-state index in [1.54, 1.807) is 14.2 Å². The van der Waals surface area contributed by atoms with Gasteiger partial charge in [-0.15, -0.1) is 0 Å². The van der Waals surface area contributed by atoms with Crippen molar-refractivity contribution >= 4 is 12.0 Å². The summed E-state index contributed by atoms with van der Waals surface area (Å²) in [5.41, 5.74) is 5.07. The summed E-state index contributed by atoms with van der Waals surface area (Å²) in [5, 5.41) is 0. The van der Waals surface area contributed by atoms with Crippen LogP contribution in [-0.2, 0) is 19.4 Å². The molecule has 0 N–H and O–H groups in total. The molecule has 1 unspecified atom stereocenters. The second-order valence-electron chi connectivity index (χ2n) is 8.02. The molecular weight excluding hydrogens is 475 g/mol. The van der Waals surface area contributed by atoms with Gasteiger partial charge in [-0.05, 0) is 71.5 Å². The molecule has 2 aliphatic rings. The smallest absolute Gasteiger partial charge is 0.179 e. The second-order valence-corrected chi connectivity index (χ2v) is 8.79. The lowest BCUT2D eigenvalue weighted by atomic mass is 9.84. The van der Waals surface area contributed by atoms with Gasteiger partial charge in [0.25, 0.3) is 0 Å². The summed E-state index contributed by atoms with van der Waals surface area (Å²) < 4.78 is 53.5. The summed E-state index contributed by atoms with van der Waals surface area (Å²) in [5.74, 6) is 0.738. The Labute approximate surface area is 209 Å². The van der Waals surface area contributed by atoms with Crippen LogP contribution in [0.15, 0.2) is 53.4 Å². The third kappa shape index (κ3) is 5.54. The van der Waals surface area contributed by atoms with Crippen molar-refractivity contribution in [2.24, 2.45) is 0 Å². The number of halogens is 3. The van der Waals surface area contributed by atoms with Gasteiger partial charge in [0.05, 0.1) is 38.3 Å². The van der Waals surface area contributed by atoms with E-state index in [0.29, 0.717) is 24.7 Å². The number of fused-ring (bicyclic) bond motifs is 4. The Morgan fingerprint density at radius 3 is 2.37 bits per heavy atom.